The monoisotopic (exact) mass is 531 g/mol. The minimum Gasteiger partial charge on any atom is -0.505 e. The Morgan fingerprint density at radius 1 is 1.00 bits per heavy atom. The molecule has 0 saturated heterocycles. The van der Waals surface area contributed by atoms with Gasteiger partial charge < -0.3 is 18.8 Å². The van der Waals surface area contributed by atoms with Crippen LogP contribution in [0.5, 0.6) is 5.75 Å². The van der Waals surface area contributed by atoms with E-state index in [1.54, 1.807) is 18.2 Å². The van der Waals surface area contributed by atoms with Crippen LogP contribution in [0.2, 0.25) is 5.02 Å². The van der Waals surface area contributed by atoms with Crippen molar-refractivity contribution < 1.29 is 23.6 Å². The van der Waals surface area contributed by atoms with Gasteiger partial charge in [0.1, 0.15) is 35.6 Å². The predicted molar refractivity (Wildman–Crippen MR) is 148 cm³/mol. The highest BCUT2D eigenvalue weighted by atomic mass is 35.5. The zero-order valence-electron chi connectivity index (χ0n) is 23.7. The molecule has 1 N–H and O–H groups in total. The fraction of sp³-hybridized carbons (Fsp3) is 0.536. The molecule has 0 saturated carbocycles. The van der Waals surface area contributed by atoms with E-state index in [4.69, 9.17) is 16.3 Å². The topological polar surface area (TPSA) is 77.2 Å². The fourth-order valence-corrected chi connectivity index (χ4v) is 4.55. The molecule has 2 aromatic carbocycles. The normalized spacial score (nSPS) is 12.9. The van der Waals surface area contributed by atoms with Crippen LogP contribution in [-0.2, 0) is 21.4 Å². The minimum atomic E-state index is -0.328. The first-order valence-corrected chi connectivity index (χ1v) is 13.0. The summed E-state index contributed by atoms with van der Waals surface area (Å²) in [5.41, 5.74) is 3.13. The lowest BCUT2D eigenvalue weighted by atomic mass is 9.84. The van der Waals surface area contributed by atoms with Gasteiger partial charge in [0.05, 0.1) is 42.3 Å². The van der Waals surface area contributed by atoms with Gasteiger partial charge in [-0.05, 0) is 41.7 Å². The summed E-state index contributed by atoms with van der Waals surface area (Å²) < 4.78 is 7.38. The molecule has 0 bridgehead atoms. The van der Waals surface area contributed by atoms with E-state index in [9.17, 15) is 9.90 Å². The molecule has 0 atom stereocenters. The summed E-state index contributed by atoms with van der Waals surface area (Å²) in [7, 11) is 12.6. The molecule has 202 valence electrons. The maximum Gasteiger partial charge on any atom is 0.306 e. The molecule has 0 radical (unpaired) electrons. The number of halogens is 1. The van der Waals surface area contributed by atoms with Gasteiger partial charge in [0.25, 0.3) is 0 Å². The minimum absolute atomic E-state index is 0.121. The van der Waals surface area contributed by atoms with E-state index in [1.807, 2.05) is 32.9 Å². The Kier molecular flexibility index (Phi) is 8.27. The highest BCUT2D eigenvalue weighted by Gasteiger charge is 2.28. The second-order valence-electron chi connectivity index (χ2n) is 12.9. The number of carbonyl (C=O) groups is 1. The molecule has 0 spiro atoms. The van der Waals surface area contributed by atoms with E-state index < -0.39 is 0 Å². The molecule has 0 unspecified atom stereocenters. The van der Waals surface area contributed by atoms with Crippen LogP contribution in [0.4, 0.5) is 0 Å². The number of phenols is 1. The number of fused-ring (bicyclic) bond motifs is 1. The highest BCUT2D eigenvalue weighted by molar-refractivity contribution is 6.31. The second-order valence-corrected chi connectivity index (χ2v) is 13.4. The first-order valence-electron chi connectivity index (χ1n) is 12.6. The van der Waals surface area contributed by atoms with Crippen LogP contribution in [0.15, 0.2) is 30.3 Å². The zero-order chi connectivity index (χ0) is 27.8. The van der Waals surface area contributed by atoms with E-state index >= 15 is 0 Å². The lowest BCUT2D eigenvalue weighted by Gasteiger charge is -2.33. The summed E-state index contributed by atoms with van der Waals surface area (Å²) in [5.74, 6) is -0.104. The Morgan fingerprint density at radius 2 is 1.59 bits per heavy atom. The van der Waals surface area contributed by atoms with Crippen LogP contribution in [-0.4, -0.2) is 96.5 Å². The van der Waals surface area contributed by atoms with Crippen LogP contribution in [0.1, 0.15) is 38.3 Å². The number of rotatable bonds is 9. The summed E-state index contributed by atoms with van der Waals surface area (Å²) in [4.78, 5) is 14.4. The average molecular weight is 532 g/mol. The SMILES string of the molecule is CC(C)(C)c1cc(CCC(=O)OC(C[N+](C)(C)C)C[N+](C)(C)C)cc(-n2nc3ccc(Cl)cc3n2)c1O. The Balaban J connectivity index is 1.87. The molecular weight excluding hydrogens is 490 g/mol. The summed E-state index contributed by atoms with van der Waals surface area (Å²) in [6, 6.07) is 9.10. The lowest BCUT2D eigenvalue weighted by molar-refractivity contribution is -0.895. The van der Waals surface area contributed by atoms with Crippen LogP contribution < -0.4 is 0 Å². The summed E-state index contributed by atoms with van der Waals surface area (Å²) in [5, 5.41) is 20.8. The number of ether oxygens (including phenoxy) is 1. The third-order valence-electron chi connectivity index (χ3n) is 5.93. The predicted octanol–water partition coefficient (Wildman–Crippen LogP) is 4.33. The number of quaternary nitrogens is 2. The third kappa shape index (κ3) is 8.15. The van der Waals surface area contributed by atoms with Gasteiger partial charge in [-0.3, -0.25) is 4.79 Å². The Hall–Kier alpha value is -2.68. The van der Waals surface area contributed by atoms with Crippen molar-refractivity contribution in [3.63, 3.8) is 0 Å². The number of aromatic nitrogens is 3. The number of benzene rings is 2. The van der Waals surface area contributed by atoms with E-state index in [0.29, 0.717) is 37.1 Å². The van der Waals surface area contributed by atoms with Crippen molar-refractivity contribution in [3.05, 3.63) is 46.5 Å². The molecule has 0 aliphatic carbocycles. The van der Waals surface area contributed by atoms with E-state index in [1.165, 1.54) is 4.80 Å². The highest BCUT2D eigenvalue weighted by Crippen LogP contribution is 2.36. The largest absolute Gasteiger partial charge is 0.505 e. The molecule has 9 heteroatoms. The quantitative estimate of drug-likeness (QED) is 0.328. The first-order chi connectivity index (χ1) is 16.9. The fourth-order valence-electron chi connectivity index (χ4n) is 4.39. The van der Waals surface area contributed by atoms with Gasteiger partial charge in [0.2, 0.25) is 0 Å². The first kappa shape index (κ1) is 28.9. The number of aromatic hydroxyl groups is 1. The summed E-state index contributed by atoms with van der Waals surface area (Å²) in [6.45, 7) is 7.59. The van der Waals surface area contributed by atoms with Crippen LogP contribution >= 0.6 is 11.6 Å². The third-order valence-corrected chi connectivity index (χ3v) is 6.17. The van der Waals surface area contributed by atoms with Crippen molar-refractivity contribution in [2.24, 2.45) is 0 Å². The van der Waals surface area contributed by atoms with E-state index in [0.717, 1.165) is 24.2 Å². The van der Waals surface area contributed by atoms with Crippen molar-refractivity contribution in [2.75, 3.05) is 55.4 Å². The molecule has 8 nitrogen and oxygen atoms in total. The van der Waals surface area contributed by atoms with Gasteiger partial charge in [-0.2, -0.15) is 0 Å². The van der Waals surface area contributed by atoms with Crippen molar-refractivity contribution >= 4 is 28.6 Å². The van der Waals surface area contributed by atoms with Gasteiger partial charge in [-0.1, -0.05) is 38.4 Å². The molecule has 0 amide bonds. The molecule has 3 aromatic rings. The number of phenolic OH excluding ortho intramolecular Hbond substituents is 1. The van der Waals surface area contributed by atoms with Gasteiger partial charge in [0, 0.05) is 17.0 Å². The van der Waals surface area contributed by atoms with Crippen molar-refractivity contribution in [3.8, 4) is 11.4 Å². The molecule has 3 rings (SSSR count). The Bertz CT molecular complexity index is 1250. The zero-order valence-corrected chi connectivity index (χ0v) is 24.4. The number of nitrogens with zero attached hydrogens (tertiary/aromatic N) is 5. The molecule has 37 heavy (non-hydrogen) atoms. The van der Waals surface area contributed by atoms with Gasteiger partial charge >= 0.3 is 5.97 Å². The number of likely N-dealkylation sites (N-methyl/N-ethyl adjacent to an activating group) is 2. The summed E-state index contributed by atoms with van der Waals surface area (Å²) in [6.07, 6.45) is 0.534. The van der Waals surface area contributed by atoms with E-state index in [-0.39, 0.29) is 29.7 Å². The number of aryl methyl sites for hydroxylation is 1. The molecule has 0 aliphatic heterocycles. The van der Waals surface area contributed by atoms with Gasteiger partial charge in [-0.15, -0.1) is 15.0 Å². The smallest absolute Gasteiger partial charge is 0.306 e. The van der Waals surface area contributed by atoms with Crippen LogP contribution in [0.25, 0.3) is 16.7 Å². The maximum absolute atomic E-state index is 12.9. The van der Waals surface area contributed by atoms with Crippen molar-refractivity contribution in [2.45, 2.75) is 45.1 Å². The number of hydrogen-bond acceptors (Lipinski definition) is 5. The second kappa shape index (κ2) is 10.6. The summed E-state index contributed by atoms with van der Waals surface area (Å²) >= 11 is 6.12. The number of esters is 1. The Labute approximate surface area is 225 Å². The van der Waals surface area contributed by atoms with Crippen molar-refractivity contribution in [1.82, 2.24) is 15.0 Å². The Morgan fingerprint density at radius 3 is 2.16 bits per heavy atom. The maximum atomic E-state index is 12.9. The standard InChI is InChI=1S/C28H41ClN5O3/c1-28(2,3)22-14-19(10-13-26(35)37-21(17-33(4,5)6)18-34(7,8)9)15-25(27(22)36)32-30-23-12-11-20(29)16-24(23)31-32/h11-12,14-16,21H,10,13,17-18H2,1-9H3/q+1/p+1. The molecular formula is C28H42ClN5O3+2. The van der Waals surface area contributed by atoms with E-state index in [2.05, 4.69) is 52.5 Å². The lowest BCUT2D eigenvalue weighted by Crippen LogP contribution is -2.51. The molecule has 0 aliphatic rings. The van der Waals surface area contributed by atoms with Crippen LogP contribution in [0, 0.1) is 0 Å². The number of hydrogen-bond donors (Lipinski definition) is 1. The average Bonchev–Trinajstić information content (AvgIpc) is 3.12. The van der Waals surface area contributed by atoms with Crippen molar-refractivity contribution in [1.29, 1.82) is 0 Å². The molecule has 0 fully saturated rings. The molecule has 1 heterocycles. The molecule has 1 aromatic heterocycles. The van der Waals surface area contributed by atoms with Crippen LogP contribution in [0.3, 0.4) is 0 Å². The van der Waals surface area contributed by atoms with Gasteiger partial charge in [-0.25, -0.2) is 0 Å². The number of carbonyl (C=O) groups excluding carboxylic acids is 1. The van der Waals surface area contributed by atoms with Gasteiger partial charge in [0.15, 0.2) is 6.10 Å².